The van der Waals surface area contributed by atoms with Crippen LogP contribution in [0, 0.1) is 0 Å². The van der Waals surface area contributed by atoms with Crippen molar-refractivity contribution in [2.24, 2.45) is 0 Å². The zero-order valence-electron chi connectivity index (χ0n) is 15.6. The summed E-state index contributed by atoms with van der Waals surface area (Å²) in [5, 5.41) is 9.08. The molecular weight excluding hydrogens is 368 g/mol. The molecule has 1 aliphatic rings. The van der Waals surface area contributed by atoms with Crippen LogP contribution in [-0.2, 0) is 11.2 Å². The highest BCUT2D eigenvalue weighted by Gasteiger charge is 2.16. The highest BCUT2D eigenvalue weighted by molar-refractivity contribution is 6.02. The smallest absolute Gasteiger partial charge is 0.230 e. The van der Waals surface area contributed by atoms with Gasteiger partial charge >= 0.3 is 0 Å². The van der Waals surface area contributed by atoms with Gasteiger partial charge in [-0.15, -0.1) is 0 Å². The number of hydrogen-bond acceptors (Lipinski definition) is 5. The number of fused-ring (bicyclic) bond motifs is 2. The molecule has 3 aromatic carbocycles. The van der Waals surface area contributed by atoms with Crippen molar-refractivity contribution in [3.05, 3.63) is 72.4 Å². The summed E-state index contributed by atoms with van der Waals surface area (Å²) in [6.45, 7) is 1.07. The zero-order valence-corrected chi connectivity index (χ0v) is 15.6. The van der Waals surface area contributed by atoms with Gasteiger partial charge in [0.1, 0.15) is 13.2 Å². The molecule has 0 bridgehead atoms. The average molecular weight is 386 g/mol. The third-order valence-electron chi connectivity index (χ3n) is 4.79. The molecule has 0 radical (unpaired) electrons. The Morgan fingerprint density at radius 3 is 2.69 bits per heavy atom. The topological polar surface area (TPSA) is 73.6 Å². The Balaban J connectivity index is 1.31. The number of nitrogens with one attached hydrogen (secondary N) is 1. The molecule has 0 unspecified atom stereocenters. The molecule has 144 valence electrons. The fraction of sp³-hybridized carbons (Fsp3) is 0.130. The molecule has 0 spiro atoms. The third-order valence-corrected chi connectivity index (χ3v) is 4.79. The van der Waals surface area contributed by atoms with Crippen molar-refractivity contribution >= 4 is 22.4 Å². The molecule has 6 nitrogen and oxygen atoms in total. The molecule has 0 saturated heterocycles. The number of ether oxygens (including phenoxy) is 2. The van der Waals surface area contributed by atoms with E-state index in [0.717, 1.165) is 22.0 Å². The quantitative estimate of drug-likeness (QED) is 0.561. The van der Waals surface area contributed by atoms with Gasteiger partial charge < -0.3 is 19.3 Å². The van der Waals surface area contributed by atoms with E-state index in [1.807, 2.05) is 60.7 Å². The molecule has 1 N–H and O–H groups in total. The zero-order chi connectivity index (χ0) is 19.6. The first-order chi connectivity index (χ1) is 14.3. The molecule has 0 atom stereocenters. The Morgan fingerprint density at radius 1 is 0.931 bits per heavy atom. The fourth-order valence-electron chi connectivity index (χ4n) is 3.42. The molecule has 4 aromatic rings. The SMILES string of the molecule is O=C(Cc1cc(-c2ccc3c(c2)OCCO3)on1)Nc1cccc2ccccc12. The highest BCUT2D eigenvalue weighted by atomic mass is 16.6. The number of hydrogen-bond donors (Lipinski definition) is 1. The lowest BCUT2D eigenvalue weighted by atomic mass is 10.1. The molecule has 2 heterocycles. The molecule has 6 heteroatoms. The van der Waals surface area contributed by atoms with Gasteiger partial charge in [0, 0.05) is 22.7 Å². The Bertz CT molecular complexity index is 1190. The van der Waals surface area contributed by atoms with Crippen molar-refractivity contribution in [2.45, 2.75) is 6.42 Å². The molecule has 0 fully saturated rings. The third kappa shape index (κ3) is 3.52. The fourth-order valence-corrected chi connectivity index (χ4v) is 3.42. The number of nitrogens with zero attached hydrogens (tertiary/aromatic N) is 1. The average Bonchev–Trinajstić information content (AvgIpc) is 3.22. The van der Waals surface area contributed by atoms with Crippen LogP contribution >= 0.6 is 0 Å². The first-order valence-electron chi connectivity index (χ1n) is 9.39. The molecular formula is C23H18N2O4. The first-order valence-corrected chi connectivity index (χ1v) is 9.39. The highest BCUT2D eigenvalue weighted by Crippen LogP contribution is 2.34. The maximum absolute atomic E-state index is 12.5. The Hall–Kier alpha value is -3.80. The van der Waals surface area contributed by atoms with E-state index in [0.29, 0.717) is 36.2 Å². The summed E-state index contributed by atoms with van der Waals surface area (Å²) < 4.78 is 16.6. The van der Waals surface area contributed by atoms with E-state index in [-0.39, 0.29) is 12.3 Å². The second kappa shape index (κ2) is 7.31. The molecule has 29 heavy (non-hydrogen) atoms. The van der Waals surface area contributed by atoms with E-state index in [4.69, 9.17) is 14.0 Å². The summed E-state index contributed by atoms with van der Waals surface area (Å²) in [5.74, 6) is 1.83. The van der Waals surface area contributed by atoms with E-state index >= 15 is 0 Å². The molecule has 0 saturated carbocycles. The minimum atomic E-state index is -0.150. The largest absolute Gasteiger partial charge is 0.486 e. The van der Waals surface area contributed by atoms with E-state index in [2.05, 4.69) is 10.5 Å². The van der Waals surface area contributed by atoms with Crippen LogP contribution in [-0.4, -0.2) is 24.3 Å². The van der Waals surface area contributed by atoms with Crippen LogP contribution in [0.15, 0.2) is 71.3 Å². The van der Waals surface area contributed by atoms with Crippen LogP contribution in [0.4, 0.5) is 5.69 Å². The lowest BCUT2D eigenvalue weighted by molar-refractivity contribution is -0.115. The Morgan fingerprint density at radius 2 is 1.76 bits per heavy atom. The van der Waals surface area contributed by atoms with Crippen LogP contribution in [0.5, 0.6) is 11.5 Å². The van der Waals surface area contributed by atoms with Crippen molar-refractivity contribution in [3.63, 3.8) is 0 Å². The monoisotopic (exact) mass is 386 g/mol. The van der Waals surface area contributed by atoms with Crippen LogP contribution in [0.2, 0.25) is 0 Å². The standard InChI is InChI=1S/C23H18N2O4/c26-23(24-19-7-3-5-15-4-1-2-6-18(15)19)14-17-13-21(29-25-17)16-8-9-20-22(12-16)28-11-10-27-20/h1-9,12-13H,10-11,14H2,(H,24,26). The normalized spacial score (nSPS) is 12.7. The number of rotatable bonds is 4. The number of benzene rings is 3. The number of aromatic nitrogens is 1. The van der Waals surface area contributed by atoms with Crippen molar-refractivity contribution in [3.8, 4) is 22.8 Å². The minimum Gasteiger partial charge on any atom is -0.486 e. The van der Waals surface area contributed by atoms with Gasteiger partial charge in [0.15, 0.2) is 17.3 Å². The summed E-state index contributed by atoms with van der Waals surface area (Å²) in [6, 6.07) is 21.1. The molecule has 5 rings (SSSR count). The number of anilines is 1. The lowest BCUT2D eigenvalue weighted by Gasteiger charge is -2.18. The predicted molar refractivity (Wildman–Crippen MR) is 109 cm³/mol. The van der Waals surface area contributed by atoms with Gasteiger partial charge in [0.05, 0.1) is 12.1 Å². The van der Waals surface area contributed by atoms with Crippen molar-refractivity contribution in [2.75, 3.05) is 18.5 Å². The van der Waals surface area contributed by atoms with Crippen molar-refractivity contribution in [1.82, 2.24) is 5.16 Å². The lowest BCUT2D eigenvalue weighted by Crippen LogP contribution is -2.15. The molecule has 1 aromatic heterocycles. The summed E-state index contributed by atoms with van der Waals surface area (Å²) in [5.41, 5.74) is 2.17. The first kappa shape index (κ1) is 17.3. The second-order valence-electron chi connectivity index (χ2n) is 6.79. The van der Waals surface area contributed by atoms with E-state index in [9.17, 15) is 4.79 Å². The van der Waals surface area contributed by atoms with Gasteiger partial charge in [-0.1, -0.05) is 41.6 Å². The Kier molecular flexibility index (Phi) is 4.37. The Labute approximate surface area is 167 Å². The van der Waals surface area contributed by atoms with E-state index in [1.165, 1.54) is 0 Å². The van der Waals surface area contributed by atoms with Gasteiger partial charge in [0.2, 0.25) is 5.91 Å². The van der Waals surface area contributed by atoms with Crippen LogP contribution in [0.25, 0.3) is 22.1 Å². The number of carbonyl (C=O) groups is 1. The van der Waals surface area contributed by atoms with Gasteiger partial charge in [-0.25, -0.2) is 0 Å². The molecule has 1 amide bonds. The van der Waals surface area contributed by atoms with Gasteiger partial charge in [-0.3, -0.25) is 4.79 Å². The predicted octanol–water partition coefficient (Wildman–Crippen LogP) is 4.45. The summed E-state index contributed by atoms with van der Waals surface area (Å²) in [4.78, 5) is 12.5. The molecule has 1 aliphatic heterocycles. The number of carbonyl (C=O) groups excluding carboxylic acids is 1. The van der Waals surface area contributed by atoms with Crippen LogP contribution in [0.3, 0.4) is 0 Å². The summed E-state index contributed by atoms with van der Waals surface area (Å²) in [6.07, 6.45) is 0.122. The van der Waals surface area contributed by atoms with E-state index in [1.54, 1.807) is 6.07 Å². The van der Waals surface area contributed by atoms with Crippen LogP contribution < -0.4 is 14.8 Å². The number of amides is 1. The summed E-state index contributed by atoms with van der Waals surface area (Å²) >= 11 is 0. The maximum Gasteiger partial charge on any atom is 0.230 e. The summed E-state index contributed by atoms with van der Waals surface area (Å²) in [7, 11) is 0. The van der Waals surface area contributed by atoms with Gasteiger partial charge in [0.25, 0.3) is 0 Å². The van der Waals surface area contributed by atoms with E-state index < -0.39 is 0 Å². The maximum atomic E-state index is 12.5. The van der Waals surface area contributed by atoms with Crippen molar-refractivity contribution < 1.29 is 18.8 Å². The van der Waals surface area contributed by atoms with Crippen LogP contribution in [0.1, 0.15) is 5.69 Å². The van der Waals surface area contributed by atoms with Gasteiger partial charge in [-0.2, -0.15) is 0 Å². The van der Waals surface area contributed by atoms with Crippen molar-refractivity contribution in [1.29, 1.82) is 0 Å². The molecule has 0 aliphatic carbocycles. The minimum absolute atomic E-state index is 0.122. The van der Waals surface area contributed by atoms with Gasteiger partial charge in [-0.05, 0) is 29.7 Å². The second-order valence-corrected chi connectivity index (χ2v) is 6.79.